The molecule has 1 aliphatic carbocycles. The lowest BCUT2D eigenvalue weighted by atomic mass is 9.86. The number of aryl methyl sites for hydroxylation is 1. The minimum Gasteiger partial charge on any atom is -0.481 e. The number of hydrogen-bond acceptors (Lipinski definition) is 3. The van der Waals surface area contributed by atoms with Crippen molar-refractivity contribution in [3.8, 4) is 0 Å². The van der Waals surface area contributed by atoms with E-state index in [1.54, 1.807) is 25.2 Å². The molecular formula is C18H21N3O4. The topological polar surface area (TPSA) is 100 Å². The van der Waals surface area contributed by atoms with E-state index in [2.05, 4.69) is 10.6 Å². The maximum atomic E-state index is 12.2. The van der Waals surface area contributed by atoms with Crippen LogP contribution in [0.4, 0.5) is 10.5 Å². The van der Waals surface area contributed by atoms with Gasteiger partial charge in [-0.3, -0.25) is 9.59 Å². The summed E-state index contributed by atoms with van der Waals surface area (Å²) >= 11 is 0. The second-order valence-electron chi connectivity index (χ2n) is 6.49. The number of carbonyl (C=O) groups excluding carboxylic acids is 1. The minimum atomic E-state index is -0.760. The Morgan fingerprint density at radius 3 is 2.48 bits per heavy atom. The second kappa shape index (κ2) is 6.96. The number of benzene rings is 1. The molecule has 0 radical (unpaired) electrons. The Bertz CT molecular complexity index is 866. The Morgan fingerprint density at radius 1 is 1.12 bits per heavy atom. The van der Waals surface area contributed by atoms with E-state index in [1.165, 1.54) is 10.6 Å². The standard InChI is InChI=1S/C18H21N3O4/c1-21-15-10-14(8-2-11(15)5-9-16(21)22)20-18(25)19-13-6-3-12(4-7-13)17(23)24/h2,5,8-10,12-13H,3-4,6-7H2,1H3,(H,23,24)(H2,19,20,25). The van der Waals surface area contributed by atoms with Gasteiger partial charge in [0.05, 0.1) is 11.4 Å². The molecule has 3 rings (SSSR count). The van der Waals surface area contributed by atoms with Crippen LogP contribution in [0, 0.1) is 5.92 Å². The van der Waals surface area contributed by atoms with Gasteiger partial charge in [0.25, 0.3) is 5.56 Å². The lowest BCUT2D eigenvalue weighted by Crippen LogP contribution is -2.41. The molecule has 0 spiro atoms. The average molecular weight is 343 g/mol. The Labute approximate surface area is 144 Å². The summed E-state index contributed by atoms with van der Waals surface area (Å²) in [5, 5.41) is 15.6. The molecule has 0 bridgehead atoms. The van der Waals surface area contributed by atoms with Gasteiger partial charge < -0.3 is 20.3 Å². The number of nitrogens with one attached hydrogen (secondary N) is 2. The van der Waals surface area contributed by atoms with E-state index >= 15 is 0 Å². The molecule has 1 aromatic heterocycles. The van der Waals surface area contributed by atoms with Crippen molar-refractivity contribution >= 4 is 28.6 Å². The summed E-state index contributed by atoms with van der Waals surface area (Å²) in [7, 11) is 1.69. The number of carboxylic acid groups (broad SMARTS) is 1. The van der Waals surface area contributed by atoms with E-state index in [0.717, 1.165) is 10.9 Å². The predicted octanol–water partition coefficient (Wildman–Crippen LogP) is 2.30. The lowest BCUT2D eigenvalue weighted by molar-refractivity contribution is -0.142. The lowest BCUT2D eigenvalue weighted by Gasteiger charge is -2.26. The first-order valence-corrected chi connectivity index (χ1v) is 8.34. The van der Waals surface area contributed by atoms with Crippen molar-refractivity contribution in [2.24, 2.45) is 13.0 Å². The van der Waals surface area contributed by atoms with Gasteiger partial charge in [-0.2, -0.15) is 0 Å². The normalized spacial score (nSPS) is 20.2. The molecule has 0 saturated heterocycles. The Kier molecular flexibility index (Phi) is 4.74. The van der Waals surface area contributed by atoms with Gasteiger partial charge in [-0.25, -0.2) is 4.79 Å². The first-order chi connectivity index (χ1) is 11.9. The van der Waals surface area contributed by atoms with Crippen LogP contribution in [-0.4, -0.2) is 27.7 Å². The fourth-order valence-corrected chi connectivity index (χ4v) is 3.28. The van der Waals surface area contributed by atoms with Crippen LogP contribution in [-0.2, 0) is 11.8 Å². The van der Waals surface area contributed by atoms with Crippen molar-refractivity contribution in [3.05, 3.63) is 40.7 Å². The van der Waals surface area contributed by atoms with Gasteiger partial charge in [0.2, 0.25) is 0 Å². The SMILES string of the molecule is Cn1c(=O)ccc2ccc(NC(=O)NC3CCC(C(=O)O)CC3)cc21. The minimum absolute atomic E-state index is 0.0135. The molecular weight excluding hydrogens is 322 g/mol. The summed E-state index contributed by atoms with van der Waals surface area (Å²) in [4.78, 5) is 34.9. The van der Waals surface area contributed by atoms with E-state index in [4.69, 9.17) is 5.11 Å². The first kappa shape index (κ1) is 17.0. The fourth-order valence-electron chi connectivity index (χ4n) is 3.28. The number of carbonyl (C=O) groups is 2. The fraction of sp³-hybridized carbons (Fsp3) is 0.389. The van der Waals surface area contributed by atoms with Crippen molar-refractivity contribution < 1.29 is 14.7 Å². The monoisotopic (exact) mass is 343 g/mol. The van der Waals surface area contributed by atoms with Crippen molar-refractivity contribution in [1.82, 2.24) is 9.88 Å². The van der Waals surface area contributed by atoms with Crippen LogP contribution in [0.5, 0.6) is 0 Å². The quantitative estimate of drug-likeness (QED) is 0.796. The number of aliphatic carboxylic acids is 1. The maximum absolute atomic E-state index is 12.2. The summed E-state index contributed by atoms with van der Waals surface area (Å²) in [5.41, 5.74) is 1.24. The Hall–Kier alpha value is -2.83. The summed E-state index contributed by atoms with van der Waals surface area (Å²) in [6.07, 6.45) is 2.49. The smallest absolute Gasteiger partial charge is 0.319 e. The molecule has 2 aromatic rings. The third-order valence-corrected chi connectivity index (χ3v) is 4.80. The molecule has 0 atom stereocenters. The van der Waals surface area contributed by atoms with Crippen LogP contribution in [0.25, 0.3) is 10.9 Å². The highest BCUT2D eigenvalue weighted by molar-refractivity contribution is 5.92. The van der Waals surface area contributed by atoms with Crippen molar-refractivity contribution in [2.45, 2.75) is 31.7 Å². The molecule has 25 heavy (non-hydrogen) atoms. The van der Waals surface area contributed by atoms with Gasteiger partial charge >= 0.3 is 12.0 Å². The second-order valence-corrected chi connectivity index (χ2v) is 6.49. The molecule has 1 aliphatic rings. The summed E-state index contributed by atoms with van der Waals surface area (Å²) in [6.45, 7) is 0. The number of rotatable bonds is 3. The van der Waals surface area contributed by atoms with E-state index < -0.39 is 5.97 Å². The predicted molar refractivity (Wildman–Crippen MR) is 94.7 cm³/mol. The molecule has 7 nitrogen and oxygen atoms in total. The zero-order chi connectivity index (χ0) is 18.0. The number of hydrogen-bond donors (Lipinski definition) is 3. The van der Waals surface area contributed by atoms with Crippen LogP contribution in [0.3, 0.4) is 0 Å². The molecule has 2 amide bonds. The zero-order valence-corrected chi connectivity index (χ0v) is 14.0. The van der Waals surface area contributed by atoms with Gasteiger partial charge in [-0.05, 0) is 49.3 Å². The maximum Gasteiger partial charge on any atom is 0.319 e. The molecule has 132 valence electrons. The zero-order valence-electron chi connectivity index (χ0n) is 14.0. The first-order valence-electron chi connectivity index (χ1n) is 8.34. The molecule has 7 heteroatoms. The van der Waals surface area contributed by atoms with Crippen molar-refractivity contribution in [3.63, 3.8) is 0 Å². The van der Waals surface area contributed by atoms with Gasteiger partial charge in [-0.15, -0.1) is 0 Å². The van der Waals surface area contributed by atoms with Crippen LogP contribution >= 0.6 is 0 Å². The highest BCUT2D eigenvalue weighted by Crippen LogP contribution is 2.24. The third-order valence-electron chi connectivity index (χ3n) is 4.80. The summed E-state index contributed by atoms with van der Waals surface area (Å²) in [6, 6.07) is 8.32. The molecule has 1 aromatic carbocycles. The average Bonchev–Trinajstić information content (AvgIpc) is 2.59. The summed E-state index contributed by atoms with van der Waals surface area (Å²) in [5.74, 6) is -1.06. The van der Waals surface area contributed by atoms with Crippen LogP contribution < -0.4 is 16.2 Å². The highest BCUT2D eigenvalue weighted by Gasteiger charge is 2.26. The van der Waals surface area contributed by atoms with E-state index in [1.807, 2.05) is 6.07 Å². The number of pyridine rings is 1. The van der Waals surface area contributed by atoms with Gasteiger partial charge in [-0.1, -0.05) is 6.07 Å². The number of fused-ring (bicyclic) bond motifs is 1. The molecule has 1 saturated carbocycles. The molecule has 3 N–H and O–H groups in total. The molecule has 1 heterocycles. The largest absolute Gasteiger partial charge is 0.481 e. The number of urea groups is 1. The van der Waals surface area contributed by atoms with Gasteiger partial charge in [0, 0.05) is 24.8 Å². The number of anilines is 1. The Morgan fingerprint density at radius 2 is 1.80 bits per heavy atom. The number of amides is 2. The van der Waals surface area contributed by atoms with E-state index in [0.29, 0.717) is 31.4 Å². The van der Waals surface area contributed by atoms with Crippen LogP contribution in [0.2, 0.25) is 0 Å². The molecule has 0 aliphatic heterocycles. The van der Waals surface area contributed by atoms with Crippen LogP contribution in [0.15, 0.2) is 35.1 Å². The summed E-state index contributed by atoms with van der Waals surface area (Å²) < 4.78 is 1.53. The van der Waals surface area contributed by atoms with Crippen molar-refractivity contribution in [1.29, 1.82) is 0 Å². The van der Waals surface area contributed by atoms with E-state index in [9.17, 15) is 14.4 Å². The molecule has 0 unspecified atom stereocenters. The van der Waals surface area contributed by atoms with E-state index in [-0.39, 0.29) is 23.6 Å². The third kappa shape index (κ3) is 3.81. The number of carboxylic acids is 1. The van der Waals surface area contributed by atoms with Gasteiger partial charge in [0.15, 0.2) is 0 Å². The molecule has 1 fully saturated rings. The van der Waals surface area contributed by atoms with Crippen molar-refractivity contribution in [2.75, 3.05) is 5.32 Å². The highest BCUT2D eigenvalue weighted by atomic mass is 16.4. The Balaban J connectivity index is 1.63. The van der Waals surface area contributed by atoms with Gasteiger partial charge in [0.1, 0.15) is 0 Å². The van der Waals surface area contributed by atoms with Crippen LogP contribution in [0.1, 0.15) is 25.7 Å². The number of aromatic nitrogens is 1. The number of nitrogens with zero attached hydrogens (tertiary/aromatic N) is 1.